The third-order valence-electron chi connectivity index (χ3n) is 5.95. The standard InChI is InChI=1S/C27H26N2O6/c1-34-16-24(25(30)28-14-17-10-12-18(13-11-17)26(31)32)29-27(33)35-15-23-21-8-4-2-6-19(21)20-7-3-5-9-22(20)23/h2-13,23-24H,14-16H2,1H3,(H,28,30)(H,29,33)(H,31,32)/t24-/m0/s1. The lowest BCUT2D eigenvalue weighted by Crippen LogP contribution is -2.49. The summed E-state index contributed by atoms with van der Waals surface area (Å²) in [5.41, 5.74) is 5.34. The van der Waals surface area contributed by atoms with Crippen LogP contribution in [0.4, 0.5) is 4.79 Å². The second kappa shape index (κ2) is 10.8. The predicted molar refractivity (Wildman–Crippen MR) is 129 cm³/mol. The molecule has 1 atom stereocenters. The van der Waals surface area contributed by atoms with Crippen LogP contribution in [0.3, 0.4) is 0 Å². The number of alkyl carbamates (subject to hydrolysis) is 1. The summed E-state index contributed by atoms with van der Waals surface area (Å²) in [7, 11) is 1.43. The van der Waals surface area contributed by atoms with Gasteiger partial charge in [0.2, 0.25) is 5.91 Å². The highest BCUT2D eigenvalue weighted by molar-refractivity contribution is 5.88. The van der Waals surface area contributed by atoms with E-state index in [-0.39, 0.29) is 31.2 Å². The first-order chi connectivity index (χ1) is 17.0. The van der Waals surface area contributed by atoms with Gasteiger partial charge in [-0.2, -0.15) is 0 Å². The molecule has 1 aliphatic carbocycles. The number of fused-ring (bicyclic) bond motifs is 3. The maximum atomic E-state index is 12.6. The van der Waals surface area contributed by atoms with Gasteiger partial charge in [-0.25, -0.2) is 9.59 Å². The van der Waals surface area contributed by atoms with Gasteiger partial charge in [-0.15, -0.1) is 0 Å². The largest absolute Gasteiger partial charge is 0.478 e. The molecule has 0 bridgehead atoms. The van der Waals surface area contributed by atoms with Gasteiger partial charge < -0.3 is 25.2 Å². The Labute approximate surface area is 202 Å². The van der Waals surface area contributed by atoms with Gasteiger partial charge in [-0.3, -0.25) is 4.79 Å². The van der Waals surface area contributed by atoms with E-state index in [4.69, 9.17) is 14.6 Å². The molecule has 0 aliphatic heterocycles. The summed E-state index contributed by atoms with van der Waals surface area (Å²) in [5, 5.41) is 14.3. The van der Waals surface area contributed by atoms with Crippen LogP contribution in [0.15, 0.2) is 72.8 Å². The molecule has 0 heterocycles. The van der Waals surface area contributed by atoms with E-state index in [9.17, 15) is 14.4 Å². The first-order valence-corrected chi connectivity index (χ1v) is 11.2. The Morgan fingerprint density at radius 1 is 0.914 bits per heavy atom. The highest BCUT2D eigenvalue weighted by Crippen LogP contribution is 2.44. The van der Waals surface area contributed by atoms with Crippen LogP contribution in [0.25, 0.3) is 11.1 Å². The van der Waals surface area contributed by atoms with Gasteiger partial charge in [0.25, 0.3) is 0 Å². The lowest BCUT2D eigenvalue weighted by atomic mass is 9.98. The Morgan fingerprint density at radius 3 is 2.09 bits per heavy atom. The molecule has 0 saturated heterocycles. The minimum Gasteiger partial charge on any atom is -0.478 e. The smallest absolute Gasteiger partial charge is 0.407 e. The van der Waals surface area contributed by atoms with E-state index in [0.29, 0.717) is 0 Å². The van der Waals surface area contributed by atoms with Crippen LogP contribution in [-0.4, -0.2) is 49.4 Å². The van der Waals surface area contributed by atoms with E-state index in [2.05, 4.69) is 22.8 Å². The van der Waals surface area contributed by atoms with Gasteiger partial charge in [0.1, 0.15) is 12.6 Å². The molecule has 3 aromatic carbocycles. The van der Waals surface area contributed by atoms with Crippen molar-refractivity contribution < 1.29 is 29.0 Å². The van der Waals surface area contributed by atoms with Crippen molar-refractivity contribution in [2.45, 2.75) is 18.5 Å². The third-order valence-corrected chi connectivity index (χ3v) is 5.95. The number of nitrogens with one attached hydrogen (secondary N) is 2. The first kappa shape index (κ1) is 24.0. The SMILES string of the molecule is COC[C@H](NC(=O)OCC1c2ccccc2-c2ccccc21)C(=O)NCc1ccc(C(=O)O)cc1. The van der Waals surface area contributed by atoms with Gasteiger partial charge in [-0.05, 0) is 39.9 Å². The van der Waals surface area contributed by atoms with Crippen LogP contribution < -0.4 is 10.6 Å². The van der Waals surface area contributed by atoms with Crippen molar-refractivity contribution in [1.82, 2.24) is 10.6 Å². The zero-order valence-electron chi connectivity index (χ0n) is 19.2. The number of methoxy groups -OCH3 is 1. The summed E-state index contributed by atoms with van der Waals surface area (Å²) in [5.74, 6) is -1.55. The fraction of sp³-hybridized carbons (Fsp3) is 0.222. The van der Waals surface area contributed by atoms with Crippen molar-refractivity contribution in [2.75, 3.05) is 20.3 Å². The lowest BCUT2D eigenvalue weighted by Gasteiger charge is -2.19. The highest BCUT2D eigenvalue weighted by Gasteiger charge is 2.29. The molecule has 1 aliphatic rings. The fourth-order valence-electron chi connectivity index (χ4n) is 4.21. The maximum absolute atomic E-state index is 12.6. The van der Waals surface area contributed by atoms with E-state index in [0.717, 1.165) is 27.8 Å². The zero-order chi connectivity index (χ0) is 24.8. The summed E-state index contributed by atoms with van der Waals surface area (Å²) < 4.78 is 10.6. The summed E-state index contributed by atoms with van der Waals surface area (Å²) in [6, 6.07) is 21.3. The van der Waals surface area contributed by atoms with Crippen molar-refractivity contribution >= 4 is 18.0 Å². The fourth-order valence-corrected chi connectivity index (χ4v) is 4.21. The number of aromatic carboxylic acids is 1. The Balaban J connectivity index is 1.34. The average Bonchev–Trinajstić information content (AvgIpc) is 3.19. The molecule has 3 N–H and O–H groups in total. The van der Waals surface area contributed by atoms with Crippen molar-refractivity contribution in [2.24, 2.45) is 0 Å². The molecule has 0 aromatic heterocycles. The minimum atomic E-state index is -1.02. The number of carbonyl (C=O) groups excluding carboxylic acids is 2. The Kier molecular flexibility index (Phi) is 7.42. The maximum Gasteiger partial charge on any atom is 0.407 e. The minimum absolute atomic E-state index is 0.0337. The number of carbonyl (C=O) groups is 3. The van der Waals surface area contributed by atoms with Crippen LogP contribution in [0.5, 0.6) is 0 Å². The molecule has 0 radical (unpaired) electrons. The molecule has 4 rings (SSSR count). The van der Waals surface area contributed by atoms with Gasteiger partial charge in [0.05, 0.1) is 12.2 Å². The Bertz CT molecular complexity index is 1180. The third kappa shape index (κ3) is 5.50. The second-order valence-electron chi connectivity index (χ2n) is 8.20. The van der Waals surface area contributed by atoms with E-state index < -0.39 is 24.0 Å². The number of ether oxygens (including phenoxy) is 2. The zero-order valence-corrected chi connectivity index (χ0v) is 19.2. The van der Waals surface area contributed by atoms with Gasteiger partial charge >= 0.3 is 12.1 Å². The molecule has 0 spiro atoms. The number of rotatable bonds is 9. The van der Waals surface area contributed by atoms with E-state index in [1.807, 2.05) is 36.4 Å². The molecule has 8 nitrogen and oxygen atoms in total. The van der Waals surface area contributed by atoms with Crippen LogP contribution in [0.1, 0.15) is 33.0 Å². The molecule has 180 valence electrons. The molecular weight excluding hydrogens is 448 g/mol. The molecule has 0 unspecified atom stereocenters. The van der Waals surface area contributed by atoms with Crippen LogP contribution in [0, 0.1) is 0 Å². The number of amides is 2. The molecule has 3 aromatic rings. The Hall–Kier alpha value is -4.17. The van der Waals surface area contributed by atoms with Gasteiger partial charge in [-0.1, -0.05) is 60.7 Å². The van der Waals surface area contributed by atoms with Crippen LogP contribution in [0.2, 0.25) is 0 Å². The number of benzene rings is 3. The predicted octanol–water partition coefficient (Wildman–Crippen LogP) is 3.55. The second-order valence-corrected chi connectivity index (χ2v) is 8.20. The van der Waals surface area contributed by atoms with Crippen LogP contribution in [-0.2, 0) is 20.8 Å². The highest BCUT2D eigenvalue weighted by atomic mass is 16.5. The van der Waals surface area contributed by atoms with E-state index in [1.165, 1.54) is 19.2 Å². The average molecular weight is 475 g/mol. The summed E-state index contributed by atoms with van der Waals surface area (Å²) in [6.07, 6.45) is -0.713. The van der Waals surface area contributed by atoms with E-state index >= 15 is 0 Å². The lowest BCUT2D eigenvalue weighted by molar-refractivity contribution is -0.124. The number of hydrogen-bond donors (Lipinski definition) is 3. The molecule has 8 heteroatoms. The summed E-state index contributed by atoms with van der Waals surface area (Å²) in [6.45, 7) is 0.274. The molecule has 0 fully saturated rings. The van der Waals surface area contributed by atoms with Crippen molar-refractivity contribution in [3.8, 4) is 11.1 Å². The molecule has 35 heavy (non-hydrogen) atoms. The topological polar surface area (TPSA) is 114 Å². The number of carboxylic acids is 1. The molecular formula is C27H26N2O6. The Morgan fingerprint density at radius 2 is 1.51 bits per heavy atom. The van der Waals surface area contributed by atoms with Crippen LogP contribution >= 0.6 is 0 Å². The quantitative estimate of drug-likeness (QED) is 0.437. The van der Waals surface area contributed by atoms with Crippen molar-refractivity contribution in [3.63, 3.8) is 0 Å². The first-order valence-electron chi connectivity index (χ1n) is 11.2. The van der Waals surface area contributed by atoms with E-state index in [1.54, 1.807) is 12.1 Å². The van der Waals surface area contributed by atoms with Crippen molar-refractivity contribution in [1.29, 1.82) is 0 Å². The van der Waals surface area contributed by atoms with Crippen molar-refractivity contribution in [3.05, 3.63) is 95.1 Å². The number of carboxylic acid groups (broad SMARTS) is 1. The monoisotopic (exact) mass is 474 g/mol. The normalized spacial score (nSPS) is 12.8. The molecule has 0 saturated carbocycles. The van der Waals surface area contributed by atoms with Gasteiger partial charge in [0.15, 0.2) is 0 Å². The molecule has 2 amide bonds. The van der Waals surface area contributed by atoms with Gasteiger partial charge in [0, 0.05) is 19.6 Å². The number of hydrogen-bond acceptors (Lipinski definition) is 5. The summed E-state index contributed by atoms with van der Waals surface area (Å²) >= 11 is 0. The summed E-state index contributed by atoms with van der Waals surface area (Å²) in [4.78, 5) is 36.2.